The quantitative estimate of drug-likeness (QED) is 0.650. The highest BCUT2D eigenvalue weighted by Gasteiger charge is 2.31. The summed E-state index contributed by atoms with van der Waals surface area (Å²) in [5.74, 6) is -2.43. The van der Waals surface area contributed by atoms with E-state index in [-0.39, 0.29) is 11.4 Å². The Morgan fingerprint density at radius 3 is 2.41 bits per heavy atom. The minimum absolute atomic E-state index is 0.114. The minimum Gasteiger partial charge on any atom is -0.345 e. The van der Waals surface area contributed by atoms with Crippen LogP contribution in [0, 0.1) is 18.6 Å². The summed E-state index contributed by atoms with van der Waals surface area (Å²) in [7, 11) is 0. The van der Waals surface area contributed by atoms with Crippen molar-refractivity contribution in [1.82, 2.24) is 20.1 Å². The fraction of sp³-hybridized carbons (Fsp3) is 0.211. The average molecular weight is 410 g/mol. The fourth-order valence-corrected chi connectivity index (χ4v) is 2.68. The summed E-state index contributed by atoms with van der Waals surface area (Å²) >= 11 is 0. The molecule has 10 heteroatoms. The number of alkyl halides is 3. The smallest absolute Gasteiger partial charge is 0.345 e. The normalized spacial score (nSPS) is 12.7. The van der Waals surface area contributed by atoms with E-state index in [0.29, 0.717) is 17.5 Å². The second kappa shape index (κ2) is 7.61. The van der Waals surface area contributed by atoms with Gasteiger partial charge in [-0.3, -0.25) is 4.79 Å². The number of carbonyl (C=O) groups is 1. The summed E-state index contributed by atoms with van der Waals surface area (Å²) in [6.07, 6.45) is -2.57. The van der Waals surface area contributed by atoms with E-state index < -0.39 is 35.3 Å². The number of carbonyl (C=O) groups excluding carboxylic acids is 1. The van der Waals surface area contributed by atoms with Crippen LogP contribution in [0.1, 0.15) is 40.1 Å². The van der Waals surface area contributed by atoms with Crippen LogP contribution in [-0.2, 0) is 6.18 Å². The Kier molecular flexibility index (Phi) is 5.36. The van der Waals surface area contributed by atoms with Crippen molar-refractivity contribution in [3.05, 3.63) is 76.7 Å². The van der Waals surface area contributed by atoms with Gasteiger partial charge < -0.3 is 5.32 Å². The number of amides is 1. The van der Waals surface area contributed by atoms with Gasteiger partial charge in [-0.1, -0.05) is 6.07 Å². The van der Waals surface area contributed by atoms with Gasteiger partial charge in [0.05, 0.1) is 29.1 Å². The number of hydrogen-bond acceptors (Lipinski definition) is 3. The lowest BCUT2D eigenvalue weighted by atomic mass is 10.1. The molecule has 1 atom stereocenters. The van der Waals surface area contributed by atoms with Crippen LogP contribution in [0.3, 0.4) is 0 Å². The summed E-state index contributed by atoms with van der Waals surface area (Å²) in [4.78, 5) is 16.3. The molecule has 2 aromatic heterocycles. The van der Waals surface area contributed by atoms with Gasteiger partial charge in [0, 0.05) is 6.20 Å². The molecular formula is C19H15F5N4O. The molecule has 1 aromatic carbocycles. The first-order valence-corrected chi connectivity index (χ1v) is 8.42. The van der Waals surface area contributed by atoms with Gasteiger partial charge in [0.2, 0.25) is 0 Å². The Balaban J connectivity index is 1.79. The molecule has 3 rings (SSSR count). The number of aromatic nitrogens is 3. The molecule has 0 saturated carbocycles. The highest BCUT2D eigenvalue weighted by molar-refractivity contribution is 5.95. The van der Waals surface area contributed by atoms with E-state index in [0.717, 1.165) is 24.3 Å². The van der Waals surface area contributed by atoms with E-state index >= 15 is 0 Å². The van der Waals surface area contributed by atoms with Crippen molar-refractivity contribution in [2.45, 2.75) is 26.1 Å². The summed E-state index contributed by atoms with van der Waals surface area (Å²) in [6.45, 7) is 3.16. The second-order valence-electron chi connectivity index (χ2n) is 6.33. The average Bonchev–Trinajstić information content (AvgIpc) is 3.04. The Morgan fingerprint density at radius 2 is 1.83 bits per heavy atom. The van der Waals surface area contributed by atoms with E-state index in [1.54, 1.807) is 13.8 Å². The van der Waals surface area contributed by atoms with Crippen molar-refractivity contribution in [3.8, 4) is 5.82 Å². The summed E-state index contributed by atoms with van der Waals surface area (Å²) in [6, 6.07) is 4.70. The molecule has 0 aliphatic heterocycles. The maximum atomic E-state index is 13.4. The molecular weight excluding hydrogens is 395 g/mol. The zero-order valence-corrected chi connectivity index (χ0v) is 15.3. The Morgan fingerprint density at radius 1 is 1.10 bits per heavy atom. The lowest BCUT2D eigenvalue weighted by Crippen LogP contribution is -2.27. The van der Waals surface area contributed by atoms with Crippen LogP contribution in [-0.4, -0.2) is 20.7 Å². The first-order chi connectivity index (χ1) is 13.6. The van der Waals surface area contributed by atoms with Crippen LogP contribution in [0.15, 0.2) is 42.7 Å². The summed E-state index contributed by atoms with van der Waals surface area (Å²) in [5, 5.41) is 6.65. The molecule has 0 aliphatic rings. The van der Waals surface area contributed by atoms with Gasteiger partial charge in [0.1, 0.15) is 0 Å². The summed E-state index contributed by atoms with van der Waals surface area (Å²) < 4.78 is 65.6. The number of pyridine rings is 1. The fourth-order valence-electron chi connectivity index (χ4n) is 2.68. The summed E-state index contributed by atoms with van der Waals surface area (Å²) in [5.41, 5.74) is -0.00976. The van der Waals surface area contributed by atoms with Gasteiger partial charge >= 0.3 is 6.18 Å². The predicted molar refractivity (Wildman–Crippen MR) is 93.3 cm³/mol. The van der Waals surface area contributed by atoms with Crippen molar-refractivity contribution in [1.29, 1.82) is 0 Å². The van der Waals surface area contributed by atoms with Crippen molar-refractivity contribution in [2.24, 2.45) is 0 Å². The number of nitrogens with one attached hydrogen (secondary N) is 1. The van der Waals surface area contributed by atoms with E-state index in [1.165, 1.54) is 16.9 Å². The van der Waals surface area contributed by atoms with E-state index in [4.69, 9.17) is 0 Å². The molecule has 1 N–H and O–H groups in total. The van der Waals surface area contributed by atoms with Gasteiger partial charge in [-0.2, -0.15) is 18.3 Å². The van der Waals surface area contributed by atoms with Gasteiger partial charge in [0.25, 0.3) is 5.91 Å². The Hall–Kier alpha value is -3.30. The molecule has 0 aliphatic carbocycles. The van der Waals surface area contributed by atoms with Crippen molar-refractivity contribution >= 4 is 5.91 Å². The lowest BCUT2D eigenvalue weighted by Gasteiger charge is -2.14. The van der Waals surface area contributed by atoms with Crippen molar-refractivity contribution in [2.75, 3.05) is 0 Å². The van der Waals surface area contributed by atoms with E-state index in [1.807, 2.05) is 0 Å². The van der Waals surface area contributed by atoms with Gasteiger partial charge in [-0.05, 0) is 43.7 Å². The van der Waals surface area contributed by atoms with Crippen LogP contribution in [0.5, 0.6) is 0 Å². The first-order valence-electron chi connectivity index (χ1n) is 8.42. The second-order valence-corrected chi connectivity index (χ2v) is 6.33. The molecule has 0 spiro atoms. The molecule has 0 fully saturated rings. The zero-order chi connectivity index (χ0) is 21.3. The van der Waals surface area contributed by atoms with Gasteiger partial charge in [-0.25, -0.2) is 18.4 Å². The van der Waals surface area contributed by atoms with Crippen LogP contribution in [0.2, 0.25) is 0 Å². The first kappa shape index (κ1) is 20.4. The Bertz CT molecular complexity index is 1040. The molecule has 29 heavy (non-hydrogen) atoms. The largest absolute Gasteiger partial charge is 0.417 e. The number of rotatable bonds is 4. The molecule has 2 heterocycles. The van der Waals surface area contributed by atoms with Crippen LogP contribution >= 0.6 is 0 Å². The molecule has 0 bridgehead atoms. The molecule has 0 saturated heterocycles. The van der Waals surface area contributed by atoms with Crippen LogP contribution < -0.4 is 5.32 Å². The third-order valence-electron chi connectivity index (χ3n) is 4.34. The van der Waals surface area contributed by atoms with E-state index in [9.17, 15) is 26.7 Å². The highest BCUT2D eigenvalue weighted by atomic mass is 19.4. The molecule has 3 aromatic rings. The maximum Gasteiger partial charge on any atom is 0.417 e. The number of nitrogens with zero attached hydrogens (tertiary/aromatic N) is 3. The van der Waals surface area contributed by atoms with Gasteiger partial charge in [-0.15, -0.1) is 0 Å². The Labute approximate surface area is 162 Å². The molecule has 0 radical (unpaired) electrons. The number of benzene rings is 1. The predicted octanol–water partition coefficient (Wildman–Crippen LogP) is 4.36. The van der Waals surface area contributed by atoms with E-state index in [2.05, 4.69) is 15.4 Å². The van der Waals surface area contributed by atoms with Gasteiger partial charge in [0.15, 0.2) is 17.5 Å². The monoisotopic (exact) mass is 410 g/mol. The van der Waals surface area contributed by atoms with Crippen molar-refractivity contribution < 1.29 is 26.7 Å². The number of hydrogen-bond donors (Lipinski definition) is 1. The molecule has 1 unspecified atom stereocenters. The maximum absolute atomic E-state index is 13.4. The third kappa shape index (κ3) is 4.25. The topological polar surface area (TPSA) is 59.8 Å². The lowest BCUT2D eigenvalue weighted by molar-refractivity contribution is -0.137. The van der Waals surface area contributed by atoms with Crippen LogP contribution in [0.25, 0.3) is 5.82 Å². The highest BCUT2D eigenvalue weighted by Crippen LogP contribution is 2.29. The zero-order valence-electron chi connectivity index (χ0n) is 15.3. The standard InChI is InChI=1S/C19H15F5N4O/c1-10(12-3-5-15(20)16(21)7-12)27-18(29)14-9-26-28(11(14)2)17-6-4-13(8-25-17)19(22,23)24/h3-10H,1-2H3,(H,27,29). The molecule has 5 nitrogen and oxygen atoms in total. The number of halogens is 5. The minimum atomic E-state index is -4.51. The molecule has 152 valence electrons. The van der Waals surface area contributed by atoms with Crippen molar-refractivity contribution in [3.63, 3.8) is 0 Å². The third-order valence-corrected chi connectivity index (χ3v) is 4.34. The molecule has 1 amide bonds. The SMILES string of the molecule is Cc1c(C(=O)NC(C)c2ccc(F)c(F)c2)cnn1-c1ccc(C(F)(F)F)cn1. The van der Waals surface area contributed by atoms with Crippen LogP contribution in [0.4, 0.5) is 22.0 Å².